The van der Waals surface area contributed by atoms with Gasteiger partial charge in [-0.2, -0.15) is 4.98 Å². The molecule has 0 radical (unpaired) electrons. The van der Waals surface area contributed by atoms with Crippen LogP contribution in [0.2, 0.25) is 0 Å². The van der Waals surface area contributed by atoms with E-state index in [4.69, 9.17) is 9.26 Å². The highest BCUT2D eigenvalue weighted by molar-refractivity contribution is 5.60. The van der Waals surface area contributed by atoms with Crippen molar-refractivity contribution in [2.75, 3.05) is 7.11 Å². The zero-order chi connectivity index (χ0) is 13.9. The highest BCUT2D eigenvalue weighted by Crippen LogP contribution is 2.24. The highest BCUT2D eigenvalue weighted by atomic mass is 16.5. The van der Waals surface area contributed by atoms with Gasteiger partial charge in [-0.25, -0.2) is 0 Å². The molecule has 0 unspecified atom stereocenters. The summed E-state index contributed by atoms with van der Waals surface area (Å²) in [5, 5.41) is 13.3. The summed E-state index contributed by atoms with van der Waals surface area (Å²) in [6.45, 7) is 0. The molecule has 0 atom stereocenters. The molecule has 3 rings (SSSR count). The number of hydrogen-bond donors (Lipinski definition) is 1. The molecule has 3 aromatic rings. The summed E-state index contributed by atoms with van der Waals surface area (Å²) in [5.74, 6) is 1.58. The first-order valence-corrected chi connectivity index (χ1v) is 5.89. The molecule has 0 aliphatic heterocycles. The van der Waals surface area contributed by atoms with Gasteiger partial charge in [-0.1, -0.05) is 5.16 Å². The molecule has 0 amide bonds. The fourth-order valence-corrected chi connectivity index (χ4v) is 1.74. The summed E-state index contributed by atoms with van der Waals surface area (Å²) in [4.78, 5) is 8.15. The van der Waals surface area contributed by atoms with Crippen molar-refractivity contribution in [1.29, 1.82) is 0 Å². The second kappa shape index (κ2) is 5.00. The quantitative estimate of drug-likeness (QED) is 0.786. The third-order valence-corrected chi connectivity index (χ3v) is 2.75. The van der Waals surface area contributed by atoms with Crippen LogP contribution >= 0.6 is 0 Å². The summed E-state index contributed by atoms with van der Waals surface area (Å²) >= 11 is 0. The number of rotatable bonds is 3. The summed E-state index contributed by atoms with van der Waals surface area (Å²) < 4.78 is 10.3. The third kappa shape index (κ3) is 2.31. The lowest BCUT2D eigenvalue weighted by Gasteiger charge is -1.98. The minimum atomic E-state index is 0.0479. The molecule has 0 spiro atoms. The summed E-state index contributed by atoms with van der Waals surface area (Å²) in [5.41, 5.74) is 1.38. The number of methoxy groups -OCH3 is 1. The average molecular weight is 269 g/mol. The van der Waals surface area contributed by atoms with Crippen LogP contribution in [-0.4, -0.2) is 27.3 Å². The molecule has 0 fully saturated rings. The van der Waals surface area contributed by atoms with E-state index in [1.54, 1.807) is 13.3 Å². The molecule has 0 aliphatic carbocycles. The first-order valence-electron chi connectivity index (χ1n) is 5.89. The van der Waals surface area contributed by atoms with Crippen molar-refractivity contribution in [3.63, 3.8) is 0 Å². The van der Waals surface area contributed by atoms with Crippen molar-refractivity contribution in [3.05, 3.63) is 42.7 Å². The molecule has 0 saturated heterocycles. The van der Waals surface area contributed by atoms with Gasteiger partial charge >= 0.3 is 0 Å². The fraction of sp³-hybridized carbons (Fsp3) is 0.0714. The Hall–Kier alpha value is -2.89. The van der Waals surface area contributed by atoms with Crippen LogP contribution in [0.15, 0.2) is 47.2 Å². The van der Waals surface area contributed by atoms with Crippen LogP contribution in [0.25, 0.3) is 22.8 Å². The Morgan fingerprint density at radius 2 is 1.90 bits per heavy atom. The maximum absolute atomic E-state index is 9.39. The van der Waals surface area contributed by atoms with Crippen molar-refractivity contribution in [1.82, 2.24) is 15.1 Å². The molecule has 0 bridgehead atoms. The number of ether oxygens (including phenoxy) is 1. The summed E-state index contributed by atoms with van der Waals surface area (Å²) in [6.07, 6.45) is 2.88. The topological polar surface area (TPSA) is 81.3 Å². The number of pyridine rings is 1. The Balaban J connectivity index is 1.93. The number of aromatic nitrogens is 3. The van der Waals surface area contributed by atoms with Crippen LogP contribution in [0.4, 0.5) is 0 Å². The Morgan fingerprint density at radius 1 is 1.10 bits per heavy atom. The smallest absolute Gasteiger partial charge is 0.259 e. The van der Waals surface area contributed by atoms with Gasteiger partial charge in [-0.05, 0) is 30.3 Å². The van der Waals surface area contributed by atoms with Crippen molar-refractivity contribution in [3.8, 4) is 34.3 Å². The predicted molar refractivity (Wildman–Crippen MR) is 71.2 cm³/mol. The van der Waals surface area contributed by atoms with Crippen LogP contribution in [0, 0.1) is 0 Å². The van der Waals surface area contributed by atoms with Crippen LogP contribution in [0.5, 0.6) is 11.5 Å². The second-order valence-corrected chi connectivity index (χ2v) is 4.08. The van der Waals surface area contributed by atoms with Gasteiger partial charge in [-0.15, -0.1) is 0 Å². The summed E-state index contributed by atoms with van der Waals surface area (Å²) in [7, 11) is 1.61. The largest absolute Gasteiger partial charge is 0.506 e. The maximum Gasteiger partial charge on any atom is 0.259 e. The molecule has 6 heteroatoms. The molecule has 6 nitrogen and oxygen atoms in total. The van der Waals surface area contributed by atoms with Crippen molar-refractivity contribution in [2.24, 2.45) is 0 Å². The molecule has 20 heavy (non-hydrogen) atoms. The molecular formula is C14H11N3O3. The van der Waals surface area contributed by atoms with E-state index >= 15 is 0 Å². The number of aromatic hydroxyl groups is 1. The molecule has 1 N–H and O–H groups in total. The van der Waals surface area contributed by atoms with Crippen molar-refractivity contribution >= 4 is 0 Å². The maximum atomic E-state index is 9.39. The normalized spacial score (nSPS) is 10.4. The monoisotopic (exact) mass is 269 g/mol. The second-order valence-electron chi connectivity index (χ2n) is 4.08. The fourth-order valence-electron chi connectivity index (χ4n) is 1.74. The molecule has 2 aromatic heterocycles. The van der Waals surface area contributed by atoms with Gasteiger partial charge in [-0.3, -0.25) is 4.98 Å². The van der Waals surface area contributed by atoms with E-state index < -0.39 is 0 Å². The Labute approximate surface area is 114 Å². The van der Waals surface area contributed by atoms with E-state index in [1.807, 2.05) is 24.3 Å². The van der Waals surface area contributed by atoms with Crippen LogP contribution in [-0.2, 0) is 0 Å². The molecule has 1 aromatic carbocycles. The Kier molecular flexibility index (Phi) is 3.04. The molecule has 2 heterocycles. The zero-order valence-electron chi connectivity index (χ0n) is 10.6. The van der Waals surface area contributed by atoms with Crippen molar-refractivity contribution < 1.29 is 14.4 Å². The first kappa shape index (κ1) is 12.2. The lowest BCUT2D eigenvalue weighted by molar-refractivity contribution is 0.415. The van der Waals surface area contributed by atoms with Gasteiger partial charge in [0.2, 0.25) is 5.82 Å². The van der Waals surface area contributed by atoms with Gasteiger partial charge in [0.05, 0.1) is 18.9 Å². The van der Waals surface area contributed by atoms with Crippen LogP contribution in [0.1, 0.15) is 0 Å². The first-order chi connectivity index (χ1) is 9.76. The van der Waals surface area contributed by atoms with Crippen molar-refractivity contribution in [2.45, 2.75) is 0 Å². The van der Waals surface area contributed by atoms with E-state index in [0.717, 1.165) is 11.3 Å². The number of benzene rings is 1. The van der Waals surface area contributed by atoms with Gasteiger partial charge < -0.3 is 14.4 Å². The lowest BCUT2D eigenvalue weighted by Crippen LogP contribution is -1.84. The van der Waals surface area contributed by atoms with Gasteiger partial charge in [0.25, 0.3) is 5.89 Å². The minimum Gasteiger partial charge on any atom is -0.506 e. The van der Waals surface area contributed by atoms with E-state index in [1.165, 1.54) is 12.3 Å². The van der Waals surface area contributed by atoms with Gasteiger partial charge in [0, 0.05) is 11.8 Å². The Bertz CT molecular complexity index is 723. The van der Waals surface area contributed by atoms with E-state index in [0.29, 0.717) is 17.3 Å². The van der Waals surface area contributed by atoms with Gasteiger partial charge in [0.1, 0.15) is 11.5 Å². The third-order valence-electron chi connectivity index (χ3n) is 2.75. The van der Waals surface area contributed by atoms with E-state index in [2.05, 4.69) is 15.1 Å². The SMILES string of the molecule is COc1ccc(-c2noc(-c3cncc(O)c3)n2)cc1. The molecule has 0 aliphatic rings. The zero-order valence-corrected chi connectivity index (χ0v) is 10.6. The van der Waals surface area contributed by atoms with E-state index in [9.17, 15) is 5.11 Å². The summed E-state index contributed by atoms with van der Waals surface area (Å²) in [6, 6.07) is 8.84. The van der Waals surface area contributed by atoms with Crippen LogP contribution in [0.3, 0.4) is 0 Å². The minimum absolute atomic E-state index is 0.0479. The standard InChI is InChI=1S/C14H11N3O3/c1-19-12-4-2-9(3-5-12)13-16-14(20-17-13)10-6-11(18)8-15-7-10/h2-8,18H,1H3. The lowest BCUT2D eigenvalue weighted by atomic mass is 10.2. The number of nitrogens with zero attached hydrogens (tertiary/aromatic N) is 3. The van der Waals surface area contributed by atoms with Crippen LogP contribution < -0.4 is 4.74 Å². The average Bonchev–Trinajstić information content (AvgIpc) is 2.97. The van der Waals surface area contributed by atoms with E-state index in [-0.39, 0.29) is 5.75 Å². The van der Waals surface area contributed by atoms with Gasteiger partial charge in [0.15, 0.2) is 0 Å². The molecular weight excluding hydrogens is 258 g/mol. The number of hydrogen-bond acceptors (Lipinski definition) is 6. The predicted octanol–water partition coefficient (Wildman–Crippen LogP) is 2.51. The highest BCUT2D eigenvalue weighted by Gasteiger charge is 2.11. The Morgan fingerprint density at radius 3 is 2.60 bits per heavy atom. The molecule has 0 saturated carbocycles. The molecule has 100 valence electrons.